The molecule has 1 amide bonds. The summed E-state index contributed by atoms with van der Waals surface area (Å²) < 4.78 is 1.72. The van der Waals surface area contributed by atoms with Crippen LogP contribution in [0, 0.1) is 0 Å². The molecule has 1 fully saturated rings. The topological polar surface area (TPSA) is 109 Å². The van der Waals surface area contributed by atoms with Crippen LogP contribution in [-0.2, 0) is 11.8 Å². The molecule has 4 aromatic rings. The normalized spacial score (nSPS) is 15.4. The van der Waals surface area contributed by atoms with E-state index in [4.69, 9.17) is 5.11 Å². The lowest BCUT2D eigenvalue weighted by molar-refractivity contribution is -0.133. The van der Waals surface area contributed by atoms with E-state index in [0.717, 1.165) is 22.0 Å². The number of thiazole rings is 1. The number of carbonyl (C=O) groups excluding carboxylic acids is 1. The van der Waals surface area contributed by atoms with Crippen LogP contribution in [0.4, 0.5) is 11.8 Å². The second kappa shape index (κ2) is 9.67. The summed E-state index contributed by atoms with van der Waals surface area (Å²) in [6.45, 7) is 0.694. The molecule has 1 unspecified atom stereocenters. The Labute approximate surface area is 189 Å². The van der Waals surface area contributed by atoms with Gasteiger partial charge in [0, 0.05) is 50.0 Å². The number of hydrogen-bond acceptors (Lipinski definition) is 8. The van der Waals surface area contributed by atoms with Gasteiger partial charge < -0.3 is 15.3 Å². The summed E-state index contributed by atoms with van der Waals surface area (Å²) in [5.74, 6) is 1.06. The maximum absolute atomic E-state index is 10.6. The van der Waals surface area contributed by atoms with Gasteiger partial charge in [-0.1, -0.05) is 30.3 Å². The predicted octanol–water partition coefficient (Wildman–Crippen LogP) is 2.95. The van der Waals surface area contributed by atoms with Crippen LogP contribution in [0.3, 0.4) is 0 Å². The third kappa shape index (κ3) is 5.16. The molecule has 9 nitrogen and oxygen atoms in total. The summed E-state index contributed by atoms with van der Waals surface area (Å²) >= 11 is 1.57. The number of aromatic nitrogens is 5. The van der Waals surface area contributed by atoms with Gasteiger partial charge in [-0.15, -0.1) is 11.3 Å². The Kier molecular flexibility index (Phi) is 6.52. The fourth-order valence-electron chi connectivity index (χ4n) is 3.07. The molecule has 1 aromatic carbocycles. The molecule has 0 spiro atoms. The number of aryl methyl sites for hydroxylation is 1. The highest BCUT2D eigenvalue weighted by molar-refractivity contribution is 7.13. The molecule has 5 rings (SSSR count). The van der Waals surface area contributed by atoms with Crippen molar-refractivity contribution in [3.8, 4) is 22.0 Å². The Bertz CT molecular complexity index is 1180. The van der Waals surface area contributed by atoms with Crippen molar-refractivity contribution in [1.29, 1.82) is 0 Å². The molecular weight excluding hydrogens is 426 g/mol. The van der Waals surface area contributed by atoms with Crippen LogP contribution in [0.15, 0.2) is 60.2 Å². The fourth-order valence-corrected chi connectivity index (χ4v) is 3.87. The van der Waals surface area contributed by atoms with E-state index in [1.807, 2.05) is 61.1 Å². The van der Waals surface area contributed by atoms with Crippen molar-refractivity contribution < 1.29 is 9.90 Å². The number of nitrogens with zero attached hydrogens (tertiary/aromatic N) is 6. The number of anilines is 2. The molecule has 4 heterocycles. The maximum atomic E-state index is 10.6. The van der Waals surface area contributed by atoms with E-state index in [2.05, 4.69) is 25.4 Å². The van der Waals surface area contributed by atoms with Crippen LogP contribution < -0.4 is 5.32 Å². The minimum atomic E-state index is -0.722. The van der Waals surface area contributed by atoms with Crippen molar-refractivity contribution in [2.45, 2.75) is 12.5 Å². The molecule has 0 aliphatic carbocycles. The minimum Gasteiger partial charge on any atom is -0.383 e. The summed E-state index contributed by atoms with van der Waals surface area (Å²) in [5, 5.41) is 19.0. The highest BCUT2D eigenvalue weighted by Gasteiger charge is 2.26. The molecule has 1 saturated heterocycles. The number of aliphatic hydroxyl groups excluding tert-OH is 1. The molecule has 0 radical (unpaired) electrons. The zero-order valence-electron chi connectivity index (χ0n) is 17.7. The Morgan fingerprint density at radius 2 is 1.91 bits per heavy atom. The molecule has 1 atom stereocenters. The number of benzene rings is 1. The minimum absolute atomic E-state index is 0.148. The third-order valence-corrected chi connectivity index (χ3v) is 5.67. The van der Waals surface area contributed by atoms with Gasteiger partial charge in [-0.05, 0) is 12.5 Å². The predicted molar refractivity (Wildman–Crippen MR) is 123 cm³/mol. The lowest BCUT2D eigenvalue weighted by atomic mass is 10.2. The second-order valence-electron chi connectivity index (χ2n) is 7.23. The van der Waals surface area contributed by atoms with Gasteiger partial charge in [0.25, 0.3) is 5.91 Å². The zero-order valence-corrected chi connectivity index (χ0v) is 18.5. The summed E-state index contributed by atoms with van der Waals surface area (Å²) in [4.78, 5) is 25.6. The van der Waals surface area contributed by atoms with Crippen molar-refractivity contribution in [3.63, 3.8) is 0 Å². The average molecular weight is 450 g/mol. The lowest BCUT2D eigenvalue weighted by Gasteiger charge is -2.04. The average Bonchev–Trinajstić information content (AvgIpc) is 3.53. The summed E-state index contributed by atoms with van der Waals surface area (Å²) in [6.07, 6.45) is 3.45. The van der Waals surface area contributed by atoms with E-state index >= 15 is 0 Å². The lowest BCUT2D eigenvalue weighted by Crippen LogP contribution is -2.24. The highest BCUT2D eigenvalue weighted by Crippen LogP contribution is 2.28. The van der Waals surface area contributed by atoms with Gasteiger partial charge in [0.05, 0.1) is 5.69 Å². The SMILES string of the molecule is CN1CCC(O)C1=O.Cn1ccc(Nc2nccc(-c3nc(-c4ccccc4)cs3)n2)n1. The number of carbonyl (C=O) groups is 1. The Morgan fingerprint density at radius 1 is 1.09 bits per heavy atom. The van der Waals surface area contributed by atoms with Crippen molar-refractivity contribution in [2.24, 2.45) is 7.05 Å². The molecule has 32 heavy (non-hydrogen) atoms. The summed E-state index contributed by atoms with van der Waals surface area (Å²) in [7, 11) is 3.56. The molecule has 1 aliphatic rings. The van der Waals surface area contributed by atoms with Gasteiger partial charge >= 0.3 is 0 Å². The number of aliphatic hydroxyl groups is 1. The third-order valence-electron chi connectivity index (χ3n) is 4.80. The number of likely N-dealkylation sites (N-methyl/N-ethyl adjacent to an activating group) is 1. The first-order valence-corrected chi connectivity index (χ1v) is 10.9. The first-order chi connectivity index (χ1) is 15.5. The van der Waals surface area contributed by atoms with E-state index in [1.54, 1.807) is 29.3 Å². The number of rotatable bonds is 4. The number of likely N-dealkylation sites (tertiary alicyclic amines) is 1. The molecule has 2 N–H and O–H groups in total. The molecular formula is C22H23N7O2S. The van der Waals surface area contributed by atoms with Crippen molar-refractivity contribution in [3.05, 3.63) is 60.2 Å². The van der Waals surface area contributed by atoms with Gasteiger partial charge in [0.1, 0.15) is 16.8 Å². The molecule has 0 bridgehead atoms. The van der Waals surface area contributed by atoms with E-state index < -0.39 is 6.10 Å². The Morgan fingerprint density at radius 3 is 2.53 bits per heavy atom. The maximum Gasteiger partial charge on any atom is 0.251 e. The summed E-state index contributed by atoms with van der Waals surface area (Å²) in [5.41, 5.74) is 2.84. The van der Waals surface area contributed by atoms with Crippen molar-refractivity contribution in [2.75, 3.05) is 18.9 Å². The van der Waals surface area contributed by atoms with E-state index in [1.165, 1.54) is 4.90 Å². The van der Waals surface area contributed by atoms with E-state index in [0.29, 0.717) is 24.7 Å². The van der Waals surface area contributed by atoms with Crippen molar-refractivity contribution in [1.82, 2.24) is 29.6 Å². The number of amides is 1. The van der Waals surface area contributed by atoms with Gasteiger partial charge in [0.2, 0.25) is 5.95 Å². The molecule has 164 valence electrons. The Hall–Kier alpha value is -3.63. The zero-order chi connectivity index (χ0) is 22.5. The van der Waals surface area contributed by atoms with Gasteiger partial charge in [0.15, 0.2) is 5.82 Å². The highest BCUT2D eigenvalue weighted by atomic mass is 32.1. The molecule has 1 aliphatic heterocycles. The van der Waals surface area contributed by atoms with Crippen LogP contribution in [0.2, 0.25) is 0 Å². The van der Waals surface area contributed by atoms with E-state index in [-0.39, 0.29) is 5.91 Å². The number of hydrogen-bond donors (Lipinski definition) is 2. The first-order valence-electron chi connectivity index (χ1n) is 10.0. The Balaban J connectivity index is 0.000000260. The molecule has 10 heteroatoms. The van der Waals surface area contributed by atoms with Crippen LogP contribution in [-0.4, -0.2) is 60.3 Å². The standard InChI is InChI=1S/C17H14N6S.C5H9NO2/c1-23-10-8-15(22-23)21-17-18-9-7-13(20-17)16-19-14(11-24-16)12-5-3-2-4-6-12;1-6-3-2-4(7)5(6)8/h2-11H,1H3,(H,18,20,21,22);4,7H,2-3H2,1H3. The van der Waals surface area contributed by atoms with E-state index in [9.17, 15) is 4.79 Å². The van der Waals surface area contributed by atoms with Crippen LogP contribution in [0.5, 0.6) is 0 Å². The smallest absolute Gasteiger partial charge is 0.251 e. The van der Waals surface area contributed by atoms with Gasteiger partial charge in [-0.3, -0.25) is 9.48 Å². The summed E-state index contributed by atoms with van der Waals surface area (Å²) in [6, 6.07) is 13.8. The van der Waals surface area contributed by atoms with Gasteiger partial charge in [-0.25, -0.2) is 15.0 Å². The van der Waals surface area contributed by atoms with Crippen LogP contribution in [0.1, 0.15) is 6.42 Å². The van der Waals surface area contributed by atoms with Crippen LogP contribution in [0.25, 0.3) is 22.0 Å². The largest absolute Gasteiger partial charge is 0.383 e. The monoisotopic (exact) mass is 449 g/mol. The first kappa shape index (κ1) is 21.6. The fraction of sp³-hybridized carbons (Fsp3) is 0.227. The van der Waals surface area contributed by atoms with Crippen LogP contribution >= 0.6 is 11.3 Å². The quantitative estimate of drug-likeness (QED) is 0.493. The molecule has 3 aromatic heterocycles. The van der Waals surface area contributed by atoms with Crippen molar-refractivity contribution >= 4 is 29.0 Å². The molecule has 0 saturated carbocycles. The number of nitrogens with one attached hydrogen (secondary N) is 1. The van der Waals surface area contributed by atoms with Gasteiger partial charge in [-0.2, -0.15) is 5.10 Å². The second-order valence-corrected chi connectivity index (χ2v) is 8.09.